The highest BCUT2D eigenvalue weighted by atomic mass is 16.5. The van der Waals surface area contributed by atoms with Crippen LogP contribution >= 0.6 is 0 Å². The van der Waals surface area contributed by atoms with Crippen molar-refractivity contribution in [2.75, 3.05) is 13.6 Å². The number of benzene rings is 3. The highest BCUT2D eigenvalue weighted by Gasteiger charge is 2.27. The Kier molecular flexibility index (Phi) is 6.83. The third kappa shape index (κ3) is 5.23. The van der Waals surface area contributed by atoms with Gasteiger partial charge in [-0.05, 0) is 63.5 Å². The van der Waals surface area contributed by atoms with Gasteiger partial charge in [0, 0.05) is 17.5 Å². The second-order valence-electron chi connectivity index (χ2n) is 8.63. The average molecular weight is 414 g/mol. The number of carbonyl (C=O) groups excluding carboxylic acids is 1. The maximum atomic E-state index is 12.8. The average Bonchev–Trinajstić information content (AvgIpc) is 2.81. The van der Waals surface area contributed by atoms with E-state index in [4.69, 9.17) is 4.74 Å². The lowest BCUT2D eigenvalue weighted by Crippen LogP contribution is -2.37. The third-order valence-corrected chi connectivity index (χ3v) is 6.38. The molecule has 3 aromatic carbocycles. The van der Waals surface area contributed by atoms with E-state index in [0.717, 1.165) is 18.5 Å². The lowest BCUT2D eigenvalue weighted by molar-refractivity contribution is 0.0732. The van der Waals surface area contributed by atoms with Crippen molar-refractivity contribution in [3.8, 4) is 5.75 Å². The monoisotopic (exact) mass is 413 g/mol. The Balaban J connectivity index is 1.70. The molecule has 31 heavy (non-hydrogen) atoms. The molecule has 1 fully saturated rings. The molecule has 3 nitrogen and oxygen atoms in total. The van der Waals surface area contributed by atoms with Crippen LogP contribution in [0.5, 0.6) is 5.75 Å². The molecule has 0 aromatic heterocycles. The minimum Gasteiger partial charge on any atom is -0.423 e. The largest absolute Gasteiger partial charge is 0.423 e. The van der Waals surface area contributed by atoms with Crippen LogP contribution < -0.4 is 4.74 Å². The highest BCUT2D eigenvalue weighted by molar-refractivity contribution is 5.91. The van der Waals surface area contributed by atoms with Crippen LogP contribution in [0.1, 0.15) is 58.6 Å². The number of hydrogen-bond donors (Lipinski definition) is 0. The fourth-order valence-electron chi connectivity index (χ4n) is 4.61. The van der Waals surface area contributed by atoms with Gasteiger partial charge in [0.15, 0.2) is 0 Å². The van der Waals surface area contributed by atoms with Crippen LogP contribution in [0.25, 0.3) is 0 Å². The molecule has 0 bridgehead atoms. The van der Waals surface area contributed by atoms with Gasteiger partial charge in [0.1, 0.15) is 5.75 Å². The summed E-state index contributed by atoms with van der Waals surface area (Å²) < 4.78 is 5.95. The first kappa shape index (κ1) is 21.3. The van der Waals surface area contributed by atoms with Crippen LogP contribution in [0.3, 0.4) is 0 Å². The number of nitrogens with zero attached hydrogens (tertiary/aromatic N) is 1. The quantitative estimate of drug-likeness (QED) is 0.355. The van der Waals surface area contributed by atoms with Gasteiger partial charge in [-0.2, -0.15) is 0 Å². The molecule has 160 valence electrons. The topological polar surface area (TPSA) is 29.5 Å². The molecule has 1 aliphatic rings. The van der Waals surface area contributed by atoms with Gasteiger partial charge in [0.05, 0.1) is 5.56 Å². The van der Waals surface area contributed by atoms with Gasteiger partial charge >= 0.3 is 5.97 Å². The lowest BCUT2D eigenvalue weighted by Gasteiger charge is -2.35. The summed E-state index contributed by atoms with van der Waals surface area (Å²) in [6.07, 6.45) is 4.78. The molecule has 1 saturated heterocycles. The fourth-order valence-corrected chi connectivity index (χ4v) is 4.61. The zero-order valence-corrected chi connectivity index (χ0v) is 18.5. The molecule has 1 heterocycles. The van der Waals surface area contributed by atoms with Gasteiger partial charge in [-0.1, -0.05) is 72.6 Å². The van der Waals surface area contributed by atoms with Gasteiger partial charge in [0.25, 0.3) is 0 Å². The standard InChI is InChI=1S/C28H31NO2/c1-21-16-17-27(31-28(30)23-13-7-4-8-14-23)26(19-21)25(22-11-5-3-6-12-22)20-24-15-9-10-18-29(24)2/h3-8,11-14,16-17,19,24-25H,9-10,15,18,20H2,1-2H3. The van der Waals surface area contributed by atoms with E-state index in [2.05, 4.69) is 55.3 Å². The molecule has 0 radical (unpaired) electrons. The van der Waals surface area contributed by atoms with E-state index in [9.17, 15) is 4.79 Å². The van der Waals surface area contributed by atoms with Crippen molar-refractivity contribution in [1.29, 1.82) is 0 Å². The number of aryl methyl sites for hydroxylation is 1. The normalized spacial score (nSPS) is 17.8. The van der Waals surface area contributed by atoms with E-state index in [1.54, 1.807) is 12.1 Å². The van der Waals surface area contributed by atoms with Crippen molar-refractivity contribution in [3.63, 3.8) is 0 Å². The van der Waals surface area contributed by atoms with E-state index in [1.165, 1.54) is 30.4 Å². The van der Waals surface area contributed by atoms with Gasteiger partial charge < -0.3 is 9.64 Å². The van der Waals surface area contributed by atoms with Crippen LogP contribution in [-0.2, 0) is 0 Å². The zero-order valence-electron chi connectivity index (χ0n) is 18.5. The Morgan fingerprint density at radius 1 is 1.00 bits per heavy atom. The number of piperidine rings is 1. The van der Waals surface area contributed by atoms with Crippen LogP contribution in [-0.4, -0.2) is 30.5 Å². The highest BCUT2D eigenvalue weighted by Crippen LogP contribution is 2.38. The molecule has 3 heteroatoms. The molecule has 0 N–H and O–H groups in total. The predicted octanol–water partition coefficient (Wildman–Crippen LogP) is 6.22. The van der Waals surface area contributed by atoms with Gasteiger partial charge in [-0.3, -0.25) is 0 Å². The number of carbonyl (C=O) groups is 1. The number of hydrogen-bond acceptors (Lipinski definition) is 3. The first-order valence-corrected chi connectivity index (χ1v) is 11.2. The molecule has 2 unspecified atom stereocenters. The summed E-state index contributed by atoms with van der Waals surface area (Å²) >= 11 is 0. The van der Waals surface area contributed by atoms with Crippen molar-refractivity contribution in [2.45, 2.75) is 44.6 Å². The predicted molar refractivity (Wildman–Crippen MR) is 126 cm³/mol. The van der Waals surface area contributed by atoms with E-state index < -0.39 is 0 Å². The number of rotatable bonds is 6. The van der Waals surface area contributed by atoms with Crippen molar-refractivity contribution in [1.82, 2.24) is 4.90 Å². The van der Waals surface area contributed by atoms with Gasteiger partial charge in [0.2, 0.25) is 0 Å². The summed E-state index contributed by atoms with van der Waals surface area (Å²) in [6, 6.07) is 26.5. The molecule has 0 amide bonds. The van der Waals surface area contributed by atoms with Crippen molar-refractivity contribution in [2.24, 2.45) is 0 Å². The Morgan fingerprint density at radius 3 is 2.42 bits per heavy atom. The summed E-state index contributed by atoms with van der Waals surface area (Å²) in [7, 11) is 2.23. The third-order valence-electron chi connectivity index (χ3n) is 6.38. The lowest BCUT2D eigenvalue weighted by atomic mass is 9.82. The van der Waals surface area contributed by atoms with Crippen LogP contribution in [0.4, 0.5) is 0 Å². The second kappa shape index (κ2) is 9.93. The summed E-state index contributed by atoms with van der Waals surface area (Å²) in [5, 5.41) is 0. The molecule has 3 aromatic rings. The molecule has 0 spiro atoms. The summed E-state index contributed by atoms with van der Waals surface area (Å²) in [5.41, 5.74) is 4.10. The minimum atomic E-state index is -0.313. The molecule has 1 aliphatic heterocycles. The summed E-state index contributed by atoms with van der Waals surface area (Å²) in [4.78, 5) is 15.3. The zero-order chi connectivity index (χ0) is 21.6. The van der Waals surface area contributed by atoms with Gasteiger partial charge in [-0.25, -0.2) is 4.79 Å². The fraction of sp³-hybridized carbons (Fsp3) is 0.321. The number of esters is 1. The van der Waals surface area contributed by atoms with E-state index in [-0.39, 0.29) is 11.9 Å². The Morgan fingerprint density at radius 2 is 1.71 bits per heavy atom. The van der Waals surface area contributed by atoms with E-state index in [1.807, 2.05) is 30.3 Å². The Labute approximate surface area is 185 Å². The van der Waals surface area contributed by atoms with E-state index in [0.29, 0.717) is 17.4 Å². The maximum Gasteiger partial charge on any atom is 0.343 e. The molecular formula is C28H31NO2. The summed E-state index contributed by atoms with van der Waals surface area (Å²) in [5.74, 6) is 0.518. The van der Waals surface area contributed by atoms with E-state index >= 15 is 0 Å². The van der Waals surface area contributed by atoms with Crippen LogP contribution in [0.2, 0.25) is 0 Å². The first-order valence-electron chi connectivity index (χ1n) is 11.2. The van der Waals surface area contributed by atoms with Crippen LogP contribution in [0.15, 0.2) is 78.9 Å². The molecule has 2 atom stereocenters. The molecule has 0 saturated carbocycles. The first-order chi connectivity index (χ1) is 15.1. The molecule has 4 rings (SSSR count). The van der Waals surface area contributed by atoms with Gasteiger partial charge in [-0.15, -0.1) is 0 Å². The van der Waals surface area contributed by atoms with Crippen molar-refractivity contribution < 1.29 is 9.53 Å². The number of likely N-dealkylation sites (tertiary alicyclic amines) is 1. The second-order valence-corrected chi connectivity index (χ2v) is 8.63. The molecule has 0 aliphatic carbocycles. The smallest absolute Gasteiger partial charge is 0.343 e. The minimum absolute atomic E-state index is 0.172. The molecular weight excluding hydrogens is 382 g/mol. The SMILES string of the molecule is Cc1ccc(OC(=O)c2ccccc2)c(C(CC2CCCCN2C)c2ccccc2)c1. The summed E-state index contributed by atoms with van der Waals surface area (Å²) in [6.45, 7) is 3.25. The van der Waals surface area contributed by atoms with Crippen molar-refractivity contribution in [3.05, 3.63) is 101 Å². The Hall–Kier alpha value is -2.91. The maximum absolute atomic E-state index is 12.8. The Bertz CT molecular complexity index is 1000. The van der Waals surface area contributed by atoms with Crippen molar-refractivity contribution >= 4 is 5.97 Å². The van der Waals surface area contributed by atoms with Crippen LogP contribution in [0, 0.1) is 6.92 Å². The number of ether oxygens (including phenoxy) is 1.